The predicted octanol–water partition coefficient (Wildman–Crippen LogP) is 2.15. The number of benzene rings is 1. The molecule has 1 aliphatic rings. The largest absolute Gasteiger partial charge is 0.495 e. The first-order valence-electron chi connectivity index (χ1n) is 4.73. The fourth-order valence-electron chi connectivity index (χ4n) is 1.66. The van der Waals surface area contributed by atoms with Gasteiger partial charge in [-0.15, -0.1) is 0 Å². The van der Waals surface area contributed by atoms with Gasteiger partial charge in [-0.05, 0) is 12.1 Å². The van der Waals surface area contributed by atoms with Gasteiger partial charge in [0, 0.05) is 12.8 Å². The van der Waals surface area contributed by atoms with Crippen LogP contribution >= 0.6 is 12.2 Å². The number of carbonyl (C=O) groups is 1. The summed E-state index contributed by atoms with van der Waals surface area (Å²) in [4.78, 5) is 13.9. The summed E-state index contributed by atoms with van der Waals surface area (Å²) in [5.74, 6) is 0.722. The minimum absolute atomic E-state index is 0.0458. The van der Waals surface area contributed by atoms with Crippen LogP contribution in [0.15, 0.2) is 24.3 Å². The standard InChI is InChI=1S/C11H11NO2S/c1-14-9-5-3-2-4-8(9)12-10(13)6-7-11(12)15/h2-5H,6-7H2,1H3. The summed E-state index contributed by atoms with van der Waals surface area (Å²) in [6.45, 7) is 0. The SMILES string of the molecule is COc1ccccc1N1C(=O)CCC1=S. The third kappa shape index (κ3) is 1.72. The minimum atomic E-state index is 0.0458. The molecule has 1 amide bonds. The number of amides is 1. The molecule has 1 aromatic rings. The average Bonchev–Trinajstić information content (AvgIpc) is 2.59. The van der Waals surface area contributed by atoms with Gasteiger partial charge in [0.05, 0.1) is 17.8 Å². The van der Waals surface area contributed by atoms with Crippen LogP contribution in [0.1, 0.15) is 12.8 Å². The topological polar surface area (TPSA) is 29.5 Å². The Morgan fingerprint density at radius 3 is 2.67 bits per heavy atom. The maximum atomic E-state index is 11.6. The molecule has 2 rings (SSSR count). The maximum Gasteiger partial charge on any atom is 0.232 e. The highest BCUT2D eigenvalue weighted by atomic mass is 32.1. The lowest BCUT2D eigenvalue weighted by molar-refractivity contribution is -0.116. The van der Waals surface area contributed by atoms with Crippen LogP contribution in [0.25, 0.3) is 0 Å². The number of hydrogen-bond acceptors (Lipinski definition) is 3. The van der Waals surface area contributed by atoms with Crippen LogP contribution in [0.2, 0.25) is 0 Å². The second-order valence-electron chi connectivity index (χ2n) is 3.29. The van der Waals surface area contributed by atoms with Crippen molar-refractivity contribution >= 4 is 28.8 Å². The average molecular weight is 221 g/mol. The molecule has 1 saturated heterocycles. The Balaban J connectivity index is 2.44. The fraction of sp³-hybridized carbons (Fsp3) is 0.273. The number of hydrogen-bond donors (Lipinski definition) is 0. The zero-order chi connectivity index (χ0) is 10.8. The highest BCUT2D eigenvalue weighted by molar-refractivity contribution is 7.80. The molecule has 1 aliphatic heterocycles. The first-order chi connectivity index (χ1) is 7.24. The molecule has 0 saturated carbocycles. The van der Waals surface area contributed by atoms with Crippen molar-refractivity contribution in [3.63, 3.8) is 0 Å². The predicted molar refractivity (Wildman–Crippen MR) is 62.3 cm³/mol. The van der Waals surface area contributed by atoms with Crippen LogP contribution in [0, 0.1) is 0 Å². The van der Waals surface area contributed by atoms with Gasteiger partial charge in [-0.3, -0.25) is 9.69 Å². The monoisotopic (exact) mass is 221 g/mol. The quantitative estimate of drug-likeness (QED) is 0.717. The van der Waals surface area contributed by atoms with E-state index in [0.717, 1.165) is 5.69 Å². The number of carbonyl (C=O) groups excluding carboxylic acids is 1. The summed E-state index contributed by atoms with van der Waals surface area (Å²) in [5, 5.41) is 0. The van der Waals surface area contributed by atoms with Crippen molar-refractivity contribution < 1.29 is 9.53 Å². The third-order valence-electron chi connectivity index (χ3n) is 2.38. The summed E-state index contributed by atoms with van der Waals surface area (Å²) in [6.07, 6.45) is 1.16. The van der Waals surface area contributed by atoms with Gasteiger partial charge >= 0.3 is 0 Å². The molecule has 0 aliphatic carbocycles. The van der Waals surface area contributed by atoms with Crippen molar-refractivity contribution in [2.24, 2.45) is 0 Å². The van der Waals surface area contributed by atoms with Crippen molar-refractivity contribution in [1.82, 2.24) is 0 Å². The third-order valence-corrected chi connectivity index (χ3v) is 2.76. The molecule has 0 bridgehead atoms. The Hall–Kier alpha value is -1.42. The van der Waals surface area contributed by atoms with Gasteiger partial charge in [-0.1, -0.05) is 24.4 Å². The minimum Gasteiger partial charge on any atom is -0.495 e. The smallest absolute Gasteiger partial charge is 0.232 e. The van der Waals surface area contributed by atoms with E-state index in [1.165, 1.54) is 0 Å². The number of nitrogens with zero attached hydrogens (tertiary/aromatic N) is 1. The van der Waals surface area contributed by atoms with Crippen molar-refractivity contribution in [3.8, 4) is 5.75 Å². The number of rotatable bonds is 2. The van der Waals surface area contributed by atoms with Gasteiger partial charge in [0.15, 0.2) is 0 Å². The van der Waals surface area contributed by atoms with Crippen LogP contribution in [0.3, 0.4) is 0 Å². The van der Waals surface area contributed by atoms with Crippen LogP contribution < -0.4 is 9.64 Å². The van der Waals surface area contributed by atoms with E-state index < -0.39 is 0 Å². The van der Waals surface area contributed by atoms with E-state index in [9.17, 15) is 4.79 Å². The molecule has 0 atom stereocenters. The zero-order valence-electron chi connectivity index (χ0n) is 8.40. The molecule has 0 radical (unpaired) electrons. The zero-order valence-corrected chi connectivity index (χ0v) is 9.21. The summed E-state index contributed by atoms with van der Waals surface area (Å²) < 4.78 is 5.20. The highest BCUT2D eigenvalue weighted by Gasteiger charge is 2.28. The summed E-state index contributed by atoms with van der Waals surface area (Å²) in [6, 6.07) is 7.40. The van der Waals surface area contributed by atoms with Gasteiger partial charge in [0.25, 0.3) is 0 Å². The van der Waals surface area contributed by atoms with Gasteiger partial charge < -0.3 is 4.74 Å². The Morgan fingerprint density at radius 1 is 1.33 bits per heavy atom. The van der Waals surface area contributed by atoms with Gasteiger partial charge in [-0.25, -0.2) is 0 Å². The molecule has 0 spiro atoms. The molecule has 1 fully saturated rings. The second-order valence-corrected chi connectivity index (χ2v) is 3.77. The first kappa shape index (κ1) is 10.1. The summed E-state index contributed by atoms with van der Waals surface area (Å²) >= 11 is 5.16. The van der Waals surface area contributed by atoms with Crippen LogP contribution in [0.5, 0.6) is 5.75 Å². The molecule has 1 heterocycles. The van der Waals surface area contributed by atoms with Crippen molar-refractivity contribution in [1.29, 1.82) is 0 Å². The van der Waals surface area contributed by atoms with E-state index in [1.807, 2.05) is 24.3 Å². The Bertz CT molecular complexity index is 401. The molecule has 15 heavy (non-hydrogen) atoms. The number of para-hydroxylation sites is 2. The Kier molecular flexibility index (Phi) is 2.68. The molecule has 4 heteroatoms. The lowest BCUT2D eigenvalue weighted by Gasteiger charge is -2.18. The Labute approximate surface area is 93.6 Å². The molecular weight excluding hydrogens is 210 g/mol. The normalized spacial score (nSPS) is 15.9. The number of ether oxygens (including phenoxy) is 1. The second kappa shape index (κ2) is 3.98. The van der Waals surface area contributed by atoms with Gasteiger partial charge in [0.2, 0.25) is 5.91 Å². The van der Waals surface area contributed by atoms with E-state index in [2.05, 4.69) is 0 Å². The lowest BCUT2D eigenvalue weighted by Crippen LogP contribution is -2.27. The molecule has 0 aromatic heterocycles. The van der Waals surface area contributed by atoms with E-state index in [4.69, 9.17) is 17.0 Å². The molecule has 78 valence electrons. The number of thiocarbonyl (C=S) groups is 1. The molecule has 0 N–H and O–H groups in total. The van der Waals surface area contributed by atoms with Gasteiger partial charge in [0.1, 0.15) is 5.75 Å². The van der Waals surface area contributed by atoms with E-state index in [-0.39, 0.29) is 5.91 Å². The number of anilines is 1. The summed E-state index contributed by atoms with van der Waals surface area (Å²) in [5.41, 5.74) is 0.743. The van der Waals surface area contributed by atoms with E-state index in [0.29, 0.717) is 23.6 Å². The van der Waals surface area contributed by atoms with Crippen molar-refractivity contribution in [3.05, 3.63) is 24.3 Å². The van der Waals surface area contributed by atoms with Crippen LogP contribution in [0.4, 0.5) is 5.69 Å². The lowest BCUT2D eigenvalue weighted by atomic mass is 10.2. The fourth-order valence-corrected chi connectivity index (χ4v) is 1.96. The van der Waals surface area contributed by atoms with E-state index >= 15 is 0 Å². The van der Waals surface area contributed by atoms with Crippen LogP contribution in [-0.2, 0) is 4.79 Å². The van der Waals surface area contributed by atoms with E-state index in [1.54, 1.807) is 12.0 Å². The maximum absolute atomic E-state index is 11.6. The van der Waals surface area contributed by atoms with Crippen LogP contribution in [-0.4, -0.2) is 18.0 Å². The highest BCUT2D eigenvalue weighted by Crippen LogP contribution is 2.31. The molecular formula is C11H11NO2S. The molecule has 3 nitrogen and oxygen atoms in total. The first-order valence-corrected chi connectivity index (χ1v) is 5.13. The van der Waals surface area contributed by atoms with Gasteiger partial charge in [-0.2, -0.15) is 0 Å². The summed E-state index contributed by atoms with van der Waals surface area (Å²) in [7, 11) is 1.59. The molecule has 1 aromatic carbocycles. The van der Waals surface area contributed by atoms with Crippen molar-refractivity contribution in [2.45, 2.75) is 12.8 Å². The number of methoxy groups -OCH3 is 1. The van der Waals surface area contributed by atoms with Crippen molar-refractivity contribution in [2.75, 3.05) is 12.0 Å². The Morgan fingerprint density at radius 2 is 2.07 bits per heavy atom. The molecule has 0 unspecified atom stereocenters.